The average Bonchev–Trinajstić information content (AvgIpc) is 2.90. The number of aliphatic hydroxyl groups excluding tert-OH is 1. The minimum Gasteiger partial charge on any atom is -0.492 e. The average molecular weight is 250 g/mol. The third-order valence-corrected chi connectivity index (χ3v) is 3.30. The SMILES string of the molecule is NCC[C@@H](O)c1cccc(OCC2CCCN2)c1. The van der Waals surface area contributed by atoms with Gasteiger partial charge in [0.05, 0.1) is 6.10 Å². The number of ether oxygens (including phenoxy) is 1. The summed E-state index contributed by atoms with van der Waals surface area (Å²) >= 11 is 0. The molecule has 4 heteroatoms. The van der Waals surface area contributed by atoms with Crippen molar-refractivity contribution in [3.63, 3.8) is 0 Å². The van der Waals surface area contributed by atoms with E-state index in [9.17, 15) is 5.11 Å². The quantitative estimate of drug-likeness (QED) is 0.709. The molecular formula is C14H22N2O2. The van der Waals surface area contributed by atoms with Gasteiger partial charge >= 0.3 is 0 Å². The fourth-order valence-electron chi connectivity index (χ4n) is 2.23. The molecule has 4 nitrogen and oxygen atoms in total. The molecule has 1 aliphatic heterocycles. The van der Waals surface area contributed by atoms with Crippen LogP contribution in [0.1, 0.15) is 30.9 Å². The summed E-state index contributed by atoms with van der Waals surface area (Å²) in [7, 11) is 0. The Morgan fingerprint density at radius 3 is 3.11 bits per heavy atom. The van der Waals surface area contributed by atoms with Gasteiger partial charge in [0.25, 0.3) is 0 Å². The van der Waals surface area contributed by atoms with Gasteiger partial charge in [0.2, 0.25) is 0 Å². The maximum absolute atomic E-state index is 9.88. The molecule has 1 saturated heterocycles. The van der Waals surface area contributed by atoms with Crippen molar-refractivity contribution in [2.45, 2.75) is 31.4 Å². The Morgan fingerprint density at radius 1 is 1.50 bits per heavy atom. The highest BCUT2D eigenvalue weighted by atomic mass is 16.5. The molecule has 0 saturated carbocycles. The summed E-state index contributed by atoms with van der Waals surface area (Å²) in [5.74, 6) is 0.817. The van der Waals surface area contributed by atoms with Gasteiger partial charge < -0.3 is 20.9 Å². The molecule has 2 atom stereocenters. The fraction of sp³-hybridized carbons (Fsp3) is 0.571. The van der Waals surface area contributed by atoms with E-state index >= 15 is 0 Å². The van der Waals surface area contributed by atoms with E-state index in [2.05, 4.69) is 5.32 Å². The van der Waals surface area contributed by atoms with Crippen LogP contribution in [0.2, 0.25) is 0 Å². The molecule has 1 unspecified atom stereocenters. The molecule has 1 aromatic carbocycles. The molecule has 0 radical (unpaired) electrons. The van der Waals surface area contributed by atoms with Crippen molar-refractivity contribution in [1.82, 2.24) is 5.32 Å². The summed E-state index contributed by atoms with van der Waals surface area (Å²) < 4.78 is 5.75. The van der Waals surface area contributed by atoms with Crippen molar-refractivity contribution in [3.8, 4) is 5.75 Å². The molecule has 0 amide bonds. The maximum atomic E-state index is 9.88. The van der Waals surface area contributed by atoms with Gasteiger partial charge in [-0.1, -0.05) is 12.1 Å². The lowest BCUT2D eigenvalue weighted by molar-refractivity contribution is 0.169. The summed E-state index contributed by atoms with van der Waals surface area (Å²) in [4.78, 5) is 0. The van der Waals surface area contributed by atoms with Crippen LogP contribution in [-0.2, 0) is 0 Å². The van der Waals surface area contributed by atoms with Gasteiger partial charge in [0.1, 0.15) is 12.4 Å². The standard InChI is InChI=1S/C14H22N2O2/c15-7-6-14(17)11-3-1-5-13(9-11)18-10-12-4-2-8-16-12/h1,3,5,9,12,14,16-17H,2,4,6-8,10,15H2/t12?,14-/m1/s1. The van der Waals surface area contributed by atoms with E-state index in [0.717, 1.165) is 17.9 Å². The Balaban J connectivity index is 1.89. The molecule has 0 aliphatic carbocycles. The smallest absolute Gasteiger partial charge is 0.119 e. The molecule has 18 heavy (non-hydrogen) atoms. The van der Waals surface area contributed by atoms with E-state index in [-0.39, 0.29) is 0 Å². The lowest BCUT2D eigenvalue weighted by Gasteiger charge is -2.14. The van der Waals surface area contributed by atoms with Crippen LogP contribution in [0.4, 0.5) is 0 Å². The van der Waals surface area contributed by atoms with Crippen LogP contribution in [0.3, 0.4) is 0 Å². The summed E-state index contributed by atoms with van der Waals surface area (Å²) in [5.41, 5.74) is 6.32. The van der Waals surface area contributed by atoms with Crippen molar-refractivity contribution < 1.29 is 9.84 Å². The van der Waals surface area contributed by atoms with Gasteiger partial charge in [0.15, 0.2) is 0 Å². The minimum absolute atomic E-state index is 0.461. The molecule has 4 N–H and O–H groups in total. The number of hydrogen-bond donors (Lipinski definition) is 3. The first-order valence-corrected chi connectivity index (χ1v) is 6.64. The molecule has 100 valence electrons. The van der Waals surface area contributed by atoms with Gasteiger partial charge in [-0.05, 0) is 50.0 Å². The van der Waals surface area contributed by atoms with Crippen molar-refractivity contribution >= 4 is 0 Å². The van der Waals surface area contributed by atoms with Gasteiger partial charge in [0, 0.05) is 6.04 Å². The largest absolute Gasteiger partial charge is 0.492 e. The first-order valence-electron chi connectivity index (χ1n) is 6.64. The van der Waals surface area contributed by atoms with Crippen LogP contribution in [-0.4, -0.2) is 30.8 Å². The molecule has 1 heterocycles. The predicted molar refractivity (Wildman–Crippen MR) is 71.6 cm³/mol. The maximum Gasteiger partial charge on any atom is 0.119 e. The lowest BCUT2D eigenvalue weighted by atomic mass is 10.1. The predicted octanol–water partition coefficient (Wildman–Crippen LogP) is 1.20. The normalized spacial score (nSPS) is 20.9. The van der Waals surface area contributed by atoms with Gasteiger partial charge in [-0.2, -0.15) is 0 Å². The highest BCUT2D eigenvalue weighted by Crippen LogP contribution is 2.21. The van der Waals surface area contributed by atoms with E-state index < -0.39 is 6.10 Å². The van der Waals surface area contributed by atoms with Crippen LogP contribution in [0.25, 0.3) is 0 Å². The molecule has 2 rings (SSSR count). The Kier molecular flexibility index (Phi) is 4.99. The highest BCUT2D eigenvalue weighted by Gasteiger charge is 2.14. The number of aliphatic hydroxyl groups is 1. The van der Waals surface area contributed by atoms with E-state index in [0.29, 0.717) is 25.6 Å². The van der Waals surface area contributed by atoms with Crippen LogP contribution in [0.5, 0.6) is 5.75 Å². The van der Waals surface area contributed by atoms with Crippen LogP contribution >= 0.6 is 0 Å². The van der Waals surface area contributed by atoms with Crippen molar-refractivity contribution in [2.75, 3.05) is 19.7 Å². The molecule has 1 aliphatic rings. The number of nitrogens with two attached hydrogens (primary N) is 1. The second kappa shape index (κ2) is 6.73. The van der Waals surface area contributed by atoms with E-state index in [4.69, 9.17) is 10.5 Å². The Labute approximate surface area is 108 Å². The first kappa shape index (κ1) is 13.3. The van der Waals surface area contributed by atoms with Gasteiger partial charge in [-0.3, -0.25) is 0 Å². The van der Waals surface area contributed by atoms with Gasteiger partial charge in [-0.15, -0.1) is 0 Å². The van der Waals surface area contributed by atoms with Crippen molar-refractivity contribution in [2.24, 2.45) is 5.73 Å². The zero-order valence-electron chi connectivity index (χ0n) is 10.6. The van der Waals surface area contributed by atoms with Crippen molar-refractivity contribution in [3.05, 3.63) is 29.8 Å². The number of hydrogen-bond acceptors (Lipinski definition) is 4. The molecule has 0 bridgehead atoms. The summed E-state index contributed by atoms with van der Waals surface area (Å²) in [6.45, 7) is 2.26. The number of rotatable bonds is 6. The molecule has 1 fully saturated rings. The summed E-state index contributed by atoms with van der Waals surface area (Å²) in [5, 5.41) is 13.3. The molecule has 0 aromatic heterocycles. The number of nitrogens with one attached hydrogen (secondary N) is 1. The topological polar surface area (TPSA) is 67.5 Å². The monoisotopic (exact) mass is 250 g/mol. The van der Waals surface area contributed by atoms with Crippen molar-refractivity contribution in [1.29, 1.82) is 0 Å². The zero-order valence-corrected chi connectivity index (χ0v) is 10.6. The summed E-state index contributed by atoms with van der Waals surface area (Å²) in [6, 6.07) is 8.10. The Hall–Kier alpha value is -1.10. The molecular weight excluding hydrogens is 228 g/mol. The van der Waals surface area contributed by atoms with Crippen LogP contribution in [0, 0.1) is 0 Å². The Bertz CT molecular complexity index is 365. The molecule has 1 aromatic rings. The zero-order chi connectivity index (χ0) is 12.8. The van der Waals surface area contributed by atoms with E-state index in [1.807, 2.05) is 24.3 Å². The minimum atomic E-state index is -0.497. The number of benzene rings is 1. The van der Waals surface area contributed by atoms with Crippen LogP contribution < -0.4 is 15.8 Å². The van der Waals surface area contributed by atoms with E-state index in [1.54, 1.807) is 0 Å². The van der Waals surface area contributed by atoms with Gasteiger partial charge in [-0.25, -0.2) is 0 Å². The highest BCUT2D eigenvalue weighted by molar-refractivity contribution is 5.30. The fourth-order valence-corrected chi connectivity index (χ4v) is 2.23. The first-order chi connectivity index (χ1) is 8.79. The van der Waals surface area contributed by atoms with Crippen LogP contribution in [0.15, 0.2) is 24.3 Å². The second-order valence-electron chi connectivity index (χ2n) is 4.77. The lowest BCUT2D eigenvalue weighted by Crippen LogP contribution is -2.28. The molecule has 0 spiro atoms. The van der Waals surface area contributed by atoms with E-state index in [1.165, 1.54) is 12.8 Å². The summed E-state index contributed by atoms with van der Waals surface area (Å²) in [6.07, 6.45) is 2.48. The third kappa shape index (κ3) is 3.70. The second-order valence-corrected chi connectivity index (χ2v) is 4.77. The Morgan fingerprint density at radius 2 is 2.39 bits per heavy atom. The third-order valence-electron chi connectivity index (χ3n) is 3.30.